The van der Waals surface area contributed by atoms with Crippen molar-refractivity contribution in [3.8, 4) is 0 Å². The minimum absolute atomic E-state index is 0.263. The van der Waals surface area contributed by atoms with Crippen molar-refractivity contribution in [2.24, 2.45) is 23.2 Å². The first kappa shape index (κ1) is 15.8. The molecule has 0 amide bonds. The van der Waals surface area contributed by atoms with Gasteiger partial charge in [0, 0.05) is 5.54 Å². The van der Waals surface area contributed by atoms with E-state index in [1.54, 1.807) is 38.5 Å². The third kappa shape index (κ3) is 4.22. The van der Waals surface area contributed by atoms with Crippen LogP contribution in [0.2, 0.25) is 0 Å². The number of hydrogen-bond donors (Lipinski definition) is 2. The fourth-order valence-electron chi connectivity index (χ4n) is 5.75. The van der Waals surface area contributed by atoms with E-state index in [1.165, 1.54) is 25.9 Å². The van der Waals surface area contributed by atoms with Gasteiger partial charge in [0.15, 0.2) is 0 Å². The van der Waals surface area contributed by atoms with Crippen molar-refractivity contribution in [3.63, 3.8) is 0 Å². The zero-order valence-corrected chi connectivity index (χ0v) is 14.5. The van der Waals surface area contributed by atoms with Crippen LogP contribution in [-0.4, -0.2) is 25.2 Å². The van der Waals surface area contributed by atoms with E-state index < -0.39 is 0 Å². The Kier molecular flexibility index (Phi) is 4.66. The Morgan fingerprint density at radius 3 is 1.95 bits per heavy atom. The topological polar surface area (TPSA) is 24.1 Å². The Labute approximate surface area is 131 Å². The molecule has 0 aromatic rings. The maximum absolute atomic E-state index is 3.71. The number of rotatable bonds is 7. The van der Waals surface area contributed by atoms with Gasteiger partial charge >= 0.3 is 0 Å². The summed E-state index contributed by atoms with van der Waals surface area (Å²) in [7, 11) is 0. The molecular formula is C19H36N2. The van der Waals surface area contributed by atoms with Gasteiger partial charge in [-0.2, -0.15) is 0 Å². The monoisotopic (exact) mass is 292 g/mol. The highest BCUT2D eigenvalue weighted by atomic mass is 14.9. The van der Waals surface area contributed by atoms with Crippen LogP contribution in [0.3, 0.4) is 0 Å². The fourth-order valence-corrected chi connectivity index (χ4v) is 5.75. The van der Waals surface area contributed by atoms with Gasteiger partial charge in [-0.05, 0) is 115 Å². The van der Waals surface area contributed by atoms with Crippen LogP contribution in [0.15, 0.2) is 0 Å². The van der Waals surface area contributed by atoms with Crippen LogP contribution in [-0.2, 0) is 0 Å². The molecule has 0 heterocycles. The van der Waals surface area contributed by atoms with E-state index in [4.69, 9.17) is 0 Å². The van der Waals surface area contributed by atoms with Crippen LogP contribution in [0, 0.1) is 23.2 Å². The molecule has 4 aliphatic rings. The van der Waals surface area contributed by atoms with E-state index in [-0.39, 0.29) is 5.54 Å². The molecule has 4 bridgehead atoms. The molecule has 0 aromatic carbocycles. The average Bonchev–Trinajstić information content (AvgIpc) is 2.34. The lowest BCUT2D eigenvalue weighted by molar-refractivity contribution is -0.0567. The Hall–Kier alpha value is -0.0800. The van der Waals surface area contributed by atoms with Crippen molar-refractivity contribution in [1.82, 2.24) is 10.6 Å². The van der Waals surface area contributed by atoms with Crippen LogP contribution in [0.25, 0.3) is 0 Å². The third-order valence-electron chi connectivity index (χ3n) is 6.18. The average molecular weight is 293 g/mol. The zero-order valence-electron chi connectivity index (χ0n) is 14.5. The quantitative estimate of drug-likeness (QED) is 0.694. The molecule has 2 heteroatoms. The molecular weight excluding hydrogens is 256 g/mol. The summed E-state index contributed by atoms with van der Waals surface area (Å²) in [4.78, 5) is 0. The Bertz CT molecular complexity index is 307. The molecule has 4 rings (SSSR count). The largest absolute Gasteiger partial charge is 0.317 e. The smallest absolute Gasteiger partial charge is 0.00965 e. The van der Waals surface area contributed by atoms with Gasteiger partial charge in [-0.3, -0.25) is 0 Å². The van der Waals surface area contributed by atoms with E-state index in [1.807, 2.05) is 0 Å². The van der Waals surface area contributed by atoms with Crippen molar-refractivity contribution in [1.29, 1.82) is 0 Å². The molecule has 0 spiro atoms. The van der Waals surface area contributed by atoms with Crippen molar-refractivity contribution >= 4 is 0 Å². The molecule has 0 radical (unpaired) electrons. The molecule has 2 N–H and O–H groups in total. The lowest BCUT2D eigenvalue weighted by Crippen LogP contribution is -2.47. The van der Waals surface area contributed by atoms with Gasteiger partial charge in [-0.15, -0.1) is 0 Å². The van der Waals surface area contributed by atoms with E-state index in [0.717, 1.165) is 29.7 Å². The molecule has 0 aromatic heterocycles. The predicted molar refractivity (Wildman–Crippen MR) is 90.5 cm³/mol. The second-order valence-electron chi connectivity index (χ2n) is 9.45. The first-order valence-corrected chi connectivity index (χ1v) is 9.40. The van der Waals surface area contributed by atoms with Crippen LogP contribution in [0.4, 0.5) is 0 Å². The molecule has 0 saturated heterocycles. The first-order valence-electron chi connectivity index (χ1n) is 9.40. The van der Waals surface area contributed by atoms with Crippen molar-refractivity contribution in [2.75, 3.05) is 19.6 Å². The van der Waals surface area contributed by atoms with Crippen LogP contribution >= 0.6 is 0 Å². The Balaban J connectivity index is 1.31. The van der Waals surface area contributed by atoms with Gasteiger partial charge < -0.3 is 10.6 Å². The highest BCUT2D eigenvalue weighted by Crippen LogP contribution is 2.61. The lowest BCUT2D eigenvalue weighted by Gasteiger charge is -2.57. The molecule has 0 aliphatic heterocycles. The van der Waals surface area contributed by atoms with E-state index in [2.05, 4.69) is 31.4 Å². The van der Waals surface area contributed by atoms with E-state index >= 15 is 0 Å². The molecule has 2 nitrogen and oxygen atoms in total. The number of nitrogens with one attached hydrogen (secondary N) is 2. The van der Waals surface area contributed by atoms with Crippen molar-refractivity contribution < 1.29 is 0 Å². The minimum Gasteiger partial charge on any atom is -0.317 e. The third-order valence-corrected chi connectivity index (χ3v) is 6.18. The molecule has 122 valence electrons. The van der Waals surface area contributed by atoms with E-state index in [9.17, 15) is 0 Å². The van der Waals surface area contributed by atoms with Crippen molar-refractivity contribution in [3.05, 3.63) is 0 Å². The van der Waals surface area contributed by atoms with Gasteiger partial charge in [0.1, 0.15) is 0 Å². The standard InChI is InChI=1S/C19H36N2/c1-18(2,3)21-7-4-6-20-8-5-19-12-15-9-16(13-19)11-17(10-15)14-19/h15-17,20-21H,4-14H2,1-3H3. The minimum atomic E-state index is 0.263. The molecule has 0 atom stereocenters. The summed E-state index contributed by atoms with van der Waals surface area (Å²) < 4.78 is 0. The van der Waals surface area contributed by atoms with Gasteiger partial charge in [0.25, 0.3) is 0 Å². The van der Waals surface area contributed by atoms with Gasteiger partial charge in [-0.1, -0.05) is 0 Å². The predicted octanol–water partition coefficient (Wildman–Crippen LogP) is 3.96. The highest BCUT2D eigenvalue weighted by molar-refractivity contribution is 5.01. The highest BCUT2D eigenvalue weighted by Gasteiger charge is 2.50. The maximum atomic E-state index is 3.71. The summed E-state index contributed by atoms with van der Waals surface area (Å²) in [5.41, 5.74) is 1.02. The van der Waals surface area contributed by atoms with Gasteiger partial charge in [-0.25, -0.2) is 0 Å². The van der Waals surface area contributed by atoms with Gasteiger partial charge in [0.05, 0.1) is 0 Å². The van der Waals surface area contributed by atoms with Gasteiger partial charge in [0.2, 0.25) is 0 Å². The van der Waals surface area contributed by atoms with Crippen LogP contribution in [0.1, 0.15) is 72.1 Å². The van der Waals surface area contributed by atoms with E-state index in [0.29, 0.717) is 0 Å². The van der Waals surface area contributed by atoms with Crippen LogP contribution in [0.5, 0.6) is 0 Å². The molecule has 0 unspecified atom stereocenters. The summed E-state index contributed by atoms with van der Waals surface area (Å²) in [6, 6.07) is 0. The summed E-state index contributed by atoms with van der Waals surface area (Å²) in [5.74, 6) is 3.31. The Morgan fingerprint density at radius 1 is 0.857 bits per heavy atom. The number of hydrogen-bond acceptors (Lipinski definition) is 2. The zero-order chi connectivity index (χ0) is 14.9. The summed E-state index contributed by atoms with van der Waals surface area (Å²) in [6.45, 7) is 10.3. The van der Waals surface area contributed by atoms with Crippen LogP contribution < -0.4 is 10.6 Å². The normalized spacial score (nSPS) is 38.1. The Morgan fingerprint density at radius 2 is 1.43 bits per heavy atom. The maximum Gasteiger partial charge on any atom is 0.00965 e. The molecule has 4 saturated carbocycles. The first-order chi connectivity index (χ1) is 9.94. The fraction of sp³-hybridized carbons (Fsp3) is 1.00. The SMILES string of the molecule is CC(C)(C)NCCCNCCC12CC3CC(CC(C3)C1)C2. The molecule has 21 heavy (non-hydrogen) atoms. The summed E-state index contributed by atoms with van der Waals surface area (Å²) >= 11 is 0. The lowest BCUT2D eigenvalue weighted by atomic mass is 9.49. The second-order valence-corrected chi connectivity index (χ2v) is 9.45. The van der Waals surface area contributed by atoms with Crippen molar-refractivity contribution in [2.45, 2.75) is 77.7 Å². The second kappa shape index (κ2) is 6.20. The molecule has 4 fully saturated rings. The molecule has 4 aliphatic carbocycles. The summed E-state index contributed by atoms with van der Waals surface area (Å²) in [5, 5.41) is 7.27. The summed E-state index contributed by atoms with van der Waals surface area (Å²) in [6.07, 6.45) is 12.1.